The first kappa shape index (κ1) is 23.8. The van der Waals surface area contributed by atoms with Crippen molar-refractivity contribution >= 4 is 6.29 Å². The lowest BCUT2D eigenvalue weighted by Gasteiger charge is -1.95. The van der Waals surface area contributed by atoms with E-state index in [4.69, 9.17) is 0 Å². The van der Waals surface area contributed by atoms with Gasteiger partial charge in [0.15, 0.2) is 6.29 Å². The third kappa shape index (κ3) is 16.6. The Hall–Kier alpha value is -2.23. The van der Waals surface area contributed by atoms with E-state index in [-0.39, 0.29) is 10.6 Å². The quantitative estimate of drug-likeness (QED) is 0.139. The average Bonchev–Trinajstić information content (AvgIpc) is 2.63. The first-order valence-electron chi connectivity index (χ1n) is 9.50. The van der Waals surface area contributed by atoms with E-state index in [1.165, 1.54) is 0 Å². The summed E-state index contributed by atoms with van der Waals surface area (Å²) < 4.78 is 0. The van der Waals surface area contributed by atoms with Gasteiger partial charge in [0.25, 0.3) is 0 Å². The van der Waals surface area contributed by atoms with Crippen LogP contribution >= 0.6 is 0 Å². The van der Waals surface area contributed by atoms with Gasteiger partial charge in [-0.3, -0.25) is 14.9 Å². The number of hydrogen-bond donors (Lipinski definition) is 0. The maximum absolute atomic E-state index is 11.1. The van der Waals surface area contributed by atoms with E-state index in [2.05, 4.69) is 31.2 Å². The summed E-state index contributed by atoms with van der Waals surface area (Å²) in [6.45, 7) is 2.11. The van der Waals surface area contributed by atoms with Crippen molar-refractivity contribution in [3.05, 3.63) is 70.5 Å². The summed E-state index contributed by atoms with van der Waals surface area (Å²) in [7, 11) is 0. The van der Waals surface area contributed by atoms with Gasteiger partial charge in [-0.1, -0.05) is 62.0 Å². The average molecular weight is 359 g/mol. The molecule has 0 aliphatic heterocycles. The molecule has 1 radical (unpaired) electrons. The van der Waals surface area contributed by atoms with Crippen molar-refractivity contribution in [2.45, 2.75) is 71.1 Å². The summed E-state index contributed by atoms with van der Waals surface area (Å²) in [6, 6.07) is 0. The van der Waals surface area contributed by atoms with Crippen molar-refractivity contribution in [3.8, 4) is 0 Å². The van der Waals surface area contributed by atoms with Crippen molar-refractivity contribution in [1.29, 1.82) is 0 Å². The summed E-state index contributed by atoms with van der Waals surface area (Å²) in [5, 5.41) is 11.1. The first-order valence-corrected chi connectivity index (χ1v) is 9.50. The summed E-state index contributed by atoms with van der Waals surface area (Å²) in [6.07, 6.45) is 27.9. The molecule has 0 aliphatic rings. The highest BCUT2D eigenvalue weighted by molar-refractivity contribution is 5.50. The second-order valence-corrected chi connectivity index (χ2v) is 5.90. The maximum Gasteiger partial charge on any atom is 0.246 e. The molecule has 26 heavy (non-hydrogen) atoms. The van der Waals surface area contributed by atoms with Gasteiger partial charge in [-0.05, 0) is 51.0 Å². The van der Waals surface area contributed by atoms with Crippen molar-refractivity contribution in [2.75, 3.05) is 0 Å². The molecule has 0 saturated heterocycles. The fourth-order valence-corrected chi connectivity index (χ4v) is 2.20. The maximum atomic E-state index is 11.1. The molecule has 0 atom stereocenters. The number of unbranched alkanes of at least 4 members (excludes halogenated alkanes) is 4. The Morgan fingerprint density at radius 1 is 0.885 bits per heavy atom. The standard InChI is InChI=1S/C22H32NO3/c1-2-3-4-5-6-7-8-10-13-16-19-22(23(25)26)20-17-14-11-9-12-15-18-21-24/h3-4,6-7,10,13-14,17,19H,2,5,8-9,11-12,15-16,18,20H2,1H3/b4-3-,7-6-,13-10-,17-14-,22-19+. The molecule has 143 valence electrons. The molecule has 0 unspecified atom stereocenters. The minimum atomic E-state index is -0.307. The number of nitro groups is 1. The SMILES string of the molecule is CC/C=C\C/C=C\C/C=C\C/C=C(\C/C=C\CCCCC[C]=O)[N+](=O)[O-]. The van der Waals surface area contributed by atoms with Gasteiger partial charge in [0.05, 0.1) is 11.3 Å². The molecule has 0 rings (SSSR count). The molecule has 0 aliphatic carbocycles. The van der Waals surface area contributed by atoms with Gasteiger partial charge in [0.1, 0.15) is 0 Å². The van der Waals surface area contributed by atoms with Crippen LogP contribution in [0.2, 0.25) is 0 Å². The molecule has 0 bridgehead atoms. The Labute approximate surface area is 158 Å². The van der Waals surface area contributed by atoms with Crippen LogP contribution < -0.4 is 0 Å². The van der Waals surface area contributed by atoms with E-state index in [9.17, 15) is 14.9 Å². The highest BCUT2D eigenvalue weighted by Crippen LogP contribution is 2.08. The van der Waals surface area contributed by atoms with Gasteiger partial charge in [-0.2, -0.15) is 0 Å². The largest absolute Gasteiger partial charge is 0.291 e. The smallest absolute Gasteiger partial charge is 0.246 e. The molecule has 0 aromatic heterocycles. The number of hydrogen-bond acceptors (Lipinski definition) is 3. The highest BCUT2D eigenvalue weighted by Gasteiger charge is 2.06. The predicted octanol–water partition coefficient (Wildman–Crippen LogP) is 6.40. The van der Waals surface area contributed by atoms with E-state index in [1.807, 2.05) is 30.6 Å². The van der Waals surface area contributed by atoms with E-state index >= 15 is 0 Å². The van der Waals surface area contributed by atoms with Crippen molar-refractivity contribution in [2.24, 2.45) is 0 Å². The molecular weight excluding hydrogens is 326 g/mol. The van der Waals surface area contributed by atoms with E-state index in [0.717, 1.165) is 44.9 Å². The number of allylic oxidation sites excluding steroid dienone is 9. The second-order valence-electron chi connectivity index (χ2n) is 5.90. The van der Waals surface area contributed by atoms with Crippen molar-refractivity contribution in [3.63, 3.8) is 0 Å². The van der Waals surface area contributed by atoms with Gasteiger partial charge in [-0.25, -0.2) is 0 Å². The minimum Gasteiger partial charge on any atom is -0.291 e. The molecule has 0 aromatic carbocycles. The van der Waals surface area contributed by atoms with Gasteiger partial charge >= 0.3 is 0 Å². The monoisotopic (exact) mass is 358 g/mol. The Morgan fingerprint density at radius 2 is 1.54 bits per heavy atom. The lowest BCUT2D eigenvalue weighted by molar-refractivity contribution is -0.427. The Bertz CT molecular complexity index is 513. The molecule has 0 N–H and O–H groups in total. The summed E-state index contributed by atoms with van der Waals surface area (Å²) in [4.78, 5) is 20.8. The van der Waals surface area contributed by atoms with Crippen LogP contribution in [0.1, 0.15) is 71.1 Å². The second kappa shape index (κ2) is 19.1. The molecule has 0 saturated carbocycles. The molecular formula is C22H32NO3. The fourth-order valence-electron chi connectivity index (χ4n) is 2.20. The topological polar surface area (TPSA) is 60.2 Å². The zero-order chi connectivity index (χ0) is 19.3. The zero-order valence-corrected chi connectivity index (χ0v) is 15.9. The highest BCUT2D eigenvalue weighted by atomic mass is 16.6. The number of nitrogens with zero attached hydrogens (tertiary/aromatic N) is 1. The van der Waals surface area contributed by atoms with Crippen LogP contribution in [0.5, 0.6) is 0 Å². The molecule has 0 aromatic rings. The van der Waals surface area contributed by atoms with Gasteiger partial charge in [0, 0.05) is 6.42 Å². The van der Waals surface area contributed by atoms with E-state index < -0.39 is 0 Å². The normalized spacial score (nSPS) is 12.9. The van der Waals surface area contributed by atoms with Crippen molar-refractivity contribution in [1.82, 2.24) is 0 Å². The molecule has 0 spiro atoms. The van der Waals surface area contributed by atoms with Crippen LogP contribution in [0.25, 0.3) is 0 Å². The van der Waals surface area contributed by atoms with Gasteiger partial charge in [-0.15, -0.1) is 0 Å². The van der Waals surface area contributed by atoms with Crippen LogP contribution in [0.4, 0.5) is 0 Å². The Balaban J connectivity index is 4.01. The molecule has 0 amide bonds. The fraction of sp³-hybridized carbons (Fsp3) is 0.500. The molecule has 4 heteroatoms. The lowest BCUT2D eigenvalue weighted by atomic mass is 10.1. The molecule has 0 fully saturated rings. The number of rotatable bonds is 16. The van der Waals surface area contributed by atoms with Crippen LogP contribution in [0, 0.1) is 10.1 Å². The van der Waals surface area contributed by atoms with E-state index in [0.29, 0.717) is 19.3 Å². The minimum absolute atomic E-state index is 0.238. The zero-order valence-electron chi connectivity index (χ0n) is 15.9. The van der Waals surface area contributed by atoms with Crippen LogP contribution in [-0.4, -0.2) is 11.2 Å². The summed E-state index contributed by atoms with van der Waals surface area (Å²) in [5.74, 6) is 0. The third-order valence-corrected chi connectivity index (χ3v) is 3.65. The Morgan fingerprint density at radius 3 is 2.15 bits per heavy atom. The lowest BCUT2D eigenvalue weighted by Crippen LogP contribution is -1.97. The van der Waals surface area contributed by atoms with Gasteiger partial charge in [0.2, 0.25) is 5.70 Å². The Kier molecular flexibility index (Phi) is 17.5. The number of carbonyl (C=O) groups excluding carboxylic acids is 1. The van der Waals surface area contributed by atoms with Crippen LogP contribution in [-0.2, 0) is 4.79 Å². The van der Waals surface area contributed by atoms with Crippen LogP contribution in [0.3, 0.4) is 0 Å². The summed E-state index contributed by atoms with van der Waals surface area (Å²) in [5.41, 5.74) is 0.238. The van der Waals surface area contributed by atoms with Gasteiger partial charge < -0.3 is 0 Å². The molecule has 4 nitrogen and oxygen atoms in total. The van der Waals surface area contributed by atoms with Crippen molar-refractivity contribution < 1.29 is 9.72 Å². The first-order chi connectivity index (χ1) is 12.7. The molecule has 0 heterocycles. The van der Waals surface area contributed by atoms with Crippen LogP contribution in [0.15, 0.2) is 60.4 Å². The predicted molar refractivity (Wildman–Crippen MR) is 109 cm³/mol. The summed E-state index contributed by atoms with van der Waals surface area (Å²) >= 11 is 0. The van der Waals surface area contributed by atoms with E-state index in [1.54, 1.807) is 6.08 Å². The third-order valence-electron chi connectivity index (χ3n) is 3.65.